The number of hydrogen-bond acceptors (Lipinski definition) is 4. The van der Waals surface area contributed by atoms with Gasteiger partial charge in [0.25, 0.3) is 10.0 Å². The average Bonchev–Trinajstić information content (AvgIpc) is 2.62. The molecule has 0 aliphatic carbocycles. The summed E-state index contributed by atoms with van der Waals surface area (Å²) in [6.45, 7) is 1.90. The van der Waals surface area contributed by atoms with Crippen LogP contribution >= 0.6 is 0 Å². The minimum Gasteiger partial charge on any atom is -0.380 e. The number of methoxy groups -OCH3 is 1. The van der Waals surface area contributed by atoms with Crippen LogP contribution in [0.4, 0.5) is 18.9 Å². The van der Waals surface area contributed by atoms with E-state index in [1.807, 2.05) is 0 Å². The van der Waals surface area contributed by atoms with E-state index in [-0.39, 0.29) is 34.8 Å². The molecule has 1 aliphatic heterocycles. The van der Waals surface area contributed by atoms with Gasteiger partial charge in [-0.3, -0.25) is 0 Å². The normalized spacial score (nSPS) is 17.7. The van der Waals surface area contributed by atoms with Gasteiger partial charge in [0.05, 0.1) is 18.3 Å². The van der Waals surface area contributed by atoms with Crippen LogP contribution in [0.1, 0.15) is 6.92 Å². The van der Waals surface area contributed by atoms with Gasteiger partial charge in [0.1, 0.15) is 10.7 Å². The molecule has 1 atom stereocenters. The van der Waals surface area contributed by atoms with Crippen molar-refractivity contribution in [1.29, 1.82) is 0 Å². The second-order valence-corrected chi connectivity index (χ2v) is 7.54. The molecule has 27 heavy (non-hydrogen) atoms. The second kappa shape index (κ2) is 7.20. The minimum atomic E-state index is -4.00. The third kappa shape index (κ3) is 3.76. The highest BCUT2D eigenvalue weighted by molar-refractivity contribution is 7.90. The molecular formula is C17H16F3N3O3S. The first-order valence-electron chi connectivity index (χ1n) is 7.88. The van der Waals surface area contributed by atoms with Gasteiger partial charge in [-0.1, -0.05) is 12.1 Å². The SMILES string of the molecule is CO[C@H](C)CN=C1Nc2c(-c3cc(F)cc(F)c3F)cccc2S(=O)(=O)N1. The van der Waals surface area contributed by atoms with Crippen molar-refractivity contribution in [2.45, 2.75) is 17.9 Å². The van der Waals surface area contributed by atoms with Crippen molar-refractivity contribution < 1.29 is 26.3 Å². The first-order chi connectivity index (χ1) is 12.7. The summed E-state index contributed by atoms with van der Waals surface area (Å²) in [6.07, 6.45) is -0.268. The largest absolute Gasteiger partial charge is 0.380 e. The van der Waals surface area contributed by atoms with Gasteiger partial charge >= 0.3 is 0 Å². The summed E-state index contributed by atoms with van der Waals surface area (Å²) in [5, 5.41) is 2.76. The zero-order valence-corrected chi connectivity index (χ0v) is 15.2. The van der Waals surface area contributed by atoms with E-state index in [1.54, 1.807) is 6.92 Å². The number of sulfonamides is 1. The van der Waals surface area contributed by atoms with E-state index < -0.39 is 33.0 Å². The van der Waals surface area contributed by atoms with Crippen LogP contribution in [0.2, 0.25) is 0 Å². The Kier molecular flexibility index (Phi) is 5.11. The maximum absolute atomic E-state index is 14.2. The van der Waals surface area contributed by atoms with Gasteiger partial charge in [0.2, 0.25) is 5.96 Å². The number of guanidine groups is 1. The van der Waals surface area contributed by atoms with Crippen LogP contribution in [0.15, 0.2) is 40.2 Å². The lowest BCUT2D eigenvalue weighted by atomic mass is 10.0. The Morgan fingerprint density at radius 3 is 2.63 bits per heavy atom. The summed E-state index contributed by atoms with van der Waals surface area (Å²) in [6, 6.07) is 5.22. The molecule has 2 aromatic rings. The van der Waals surface area contributed by atoms with Gasteiger partial charge in [-0.2, -0.15) is 0 Å². The standard InChI is InChI=1S/C17H16F3N3O3S/c1-9(26-2)8-21-17-22-16-11(4-3-5-14(16)27(24,25)23-17)12-6-10(18)7-13(19)15(12)20/h3-7,9H,8H2,1-2H3,(H2,21,22,23)/t9-/m1/s1. The van der Waals surface area contributed by atoms with E-state index in [0.717, 1.165) is 6.07 Å². The maximum Gasteiger partial charge on any atom is 0.266 e. The van der Waals surface area contributed by atoms with E-state index in [0.29, 0.717) is 6.07 Å². The number of rotatable bonds is 4. The molecule has 0 spiro atoms. The second-order valence-electron chi connectivity index (χ2n) is 5.89. The van der Waals surface area contributed by atoms with Crippen LogP contribution in [0.25, 0.3) is 11.1 Å². The zero-order chi connectivity index (χ0) is 19.8. The van der Waals surface area contributed by atoms with Crippen molar-refractivity contribution in [3.8, 4) is 11.1 Å². The third-order valence-corrected chi connectivity index (χ3v) is 5.36. The molecule has 1 aliphatic rings. The summed E-state index contributed by atoms with van der Waals surface area (Å²) >= 11 is 0. The van der Waals surface area contributed by atoms with Gasteiger partial charge in [-0.15, -0.1) is 0 Å². The molecule has 6 nitrogen and oxygen atoms in total. The van der Waals surface area contributed by atoms with Crippen molar-refractivity contribution in [2.75, 3.05) is 19.0 Å². The van der Waals surface area contributed by atoms with E-state index in [9.17, 15) is 21.6 Å². The highest BCUT2D eigenvalue weighted by Crippen LogP contribution is 2.37. The molecule has 3 rings (SSSR count). The highest BCUT2D eigenvalue weighted by atomic mass is 32.2. The fraction of sp³-hybridized carbons (Fsp3) is 0.235. The topological polar surface area (TPSA) is 79.8 Å². The molecule has 0 unspecified atom stereocenters. The van der Waals surface area contributed by atoms with Gasteiger partial charge in [0.15, 0.2) is 11.6 Å². The Hall–Kier alpha value is -2.59. The average molecular weight is 399 g/mol. The Morgan fingerprint density at radius 2 is 1.93 bits per heavy atom. The summed E-state index contributed by atoms with van der Waals surface area (Å²) in [5.41, 5.74) is -0.441. The van der Waals surface area contributed by atoms with Crippen LogP contribution in [0, 0.1) is 17.5 Å². The van der Waals surface area contributed by atoms with E-state index >= 15 is 0 Å². The number of benzene rings is 2. The first-order valence-corrected chi connectivity index (χ1v) is 9.36. The van der Waals surface area contributed by atoms with E-state index in [2.05, 4.69) is 15.0 Å². The molecule has 0 aromatic heterocycles. The quantitative estimate of drug-likeness (QED) is 0.775. The van der Waals surface area contributed by atoms with Crippen LogP contribution in [0.3, 0.4) is 0 Å². The van der Waals surface area contributed by atoms with Gasteiger partial charge in [-0.05, 0) is 19.1 Å². The Morgan fingerprint density at radius 1 is 1.19 bits per heavy atom. The molecule has 144 valence electrons. The number of nitrogens with zero attached hydrogens (tertiary/aromatic N) is 1. The van der Waals surface area contributed by atoms with E-state index in [4.69, 9.17) is 4.74 Å². The Balaban J connectivity index is 2.15. The highest BCUT2D eigenvalue weighted by Gasteiger charge is 2.30. The number of ether oxygens (including phenoxy) is 1. The fourth-order valence-corrected chi connectivity index (χ4v) is 3.72. The third-order valence-electron chi connectivity index (χ3n) is 3.98. The Bertz CT molecular complexity index is 1030. The number of nitrogens with one attached hydrogen (secondary N) is 2. The number of hydrogen-bond donors (Lipinski definition) is 2. The maximum atomic E-state index is 14.2. The summed E-state index contributed by atoms with van der Waals surface area (Å²) in [5.74, 6) is -3.74. The van der Waals surface area contributed by atoms with Gasteiger partial charge in [-0.25, -0.2) is 31.3 Å². The monoisotopic (exact) mass is 399 g/mol. The molecule has 0 fully saturated rings. The summed E-state index contributed by atoms with van der Waals surface area (Å²) in [4.78, 5) is 3.90. The van der Waals surface area contributed by atoms with Crippen LogP contribution in [-0.2, 0) is 14.8 Å². The molecular weight excluding hydrogens is 383 g/mol. The van der Waals surface area contributed by atoms with Crippen molar-refractivity contribution in [2.24, 2.45) is 4.99 Å². The molecule has 1 heterocycles. The van der Waals surface area contributed by atoms with Crippen LogP contribution in [-0.4, -0.2) is 34.1 Å². The van der Waals surface area contributed by atoms with Crippen molar-refractivity contribution in [3.63, 3.8) is 0 Å². The molecule has 0 saturated carbocycles. The summed E-state index contributed by atoms with van der Waals surface area (Å²) < 4.78 is 73.8. The fourth-order valence-electron chi connectivity index (χ4n) is 2.55. The molecule has 0 bridgehead atoms. The van der Waals surface area contributed by atoms with Gasteiger partial charge < -0.3 is 10.1 Å². The van der Waals surface area contributed by atoms with Crippen molar-refractivity contribution in [1.82, 2.24) is 4.72 Å². The lowest BCUT2D eigenvalue weighted by Crippen LogP contribution is -2.41. The molecule has 0 amide bonds. The predicted molar refractivity (Wildman–Crippen MR) is 94.5 cm³/mol. The zero-order valence-electron chi connectivity index (χ0n) is 14.4. The number of aliphatic imine (C=N–C) groups is 1. The molecule has 2 aromatic carbocycles. The lowest BCUT2D eigenvalue weighted by molar-refractivity contribution is 0.125. The van der Waals surface area contributed by atoms with Crippen molar-refractivity contribution in [3.05, 3.63) is 47.8 Å². The first kappa shape index (κ1) is 19.2. The van der Waals surface area contributed by atoms with Crippen LogP contribution in [0.5, 0.6) is 0 Å². The number of halogens is 3. The molecule has 0 saturated heterocycles. The molecule has 10 heteroatoms. The summed E-state index contributed by atoms with van der Waals surface area (Å²) in [7, 11) is -2.52. The Labute approximate surface area is 154 Å². The number of fused-ring (bicyclic) bond motifs is 1. The minimum absolute atomic E-state index is 0.0130. The lowest BCUT2D eigenvalue weighted by Gasteiger charge is -2.24. The number of anilines is 1. The molecule has 2 N–H and O–H groups in total. The number of para-hydroxylation sites is 1. The van der Waals surface area contributed by atoms with Gasteiger partial charge in [0, 0.05) is 24.3 Å². The predicted octanol–water partition coefficient (Wildman–Crippen LogP) is 2.87. The van der Waals surface area contributed by atoms with Crippen molar-refractivity contribution >= 4 is 21.7 Å². The van der Waals surface area contributed by atoms with E-state index in [1.165, 1.54) is 25.3 Å². The van der Waals surface area contributed by atoms with Crippen LogP contribution < -0.4 is 10.0 Å². The molecule has 0 radical (unpaired) electrons. The smallest absolute Gasteiger partial charge is 0.266 e.